The van der Waals surface area contributed by atoms with Crippen molar-refractivity contribution in [2.45, 2.75) is 16.3 Å². The van der Waals surface area contributed by atoms with E-state index in [1.54, 1.807) is 14.4 Å². The van der Waals surface area contributed by atoms with Crippen LogP contribution >= 0.6 is 39.6 Å². The molecule has 0 bridgehead atoms. The van der Waals surface area contributed by atoms with Crippen LogP contribution in [-0.4, -0.2) is 23.6 Å². The molecule has 0 saturated carbocycles. The van der Waals surface area contributed by atoms with Gasteiger partial charge in [-0.05, 0) is 0 Å². The zero-order chi connectivity index (χ0) is 11.6. The van der Waals surface area contributed by atoms with Crippen LogP contribution in [0.2, 0.25) is 0 Å². The first kappa shape index (κ1) is 13.1. The molecule has 1 aromatic rings. The van der Waals surface area contributed by atoms with E-state index >= 15 is 0 Å². The standard InChI is InChI=1S/C14H22I2/c1-15(2)14(9-11-16(3)12-10-14)13-7-5-4-6-8-13/h4-8H,9-12H2,1-3H3. The van der Waals surface area contributed by atoms with Gasteiger partial charge in [0.2, 0.25) is 0 Å². The minimum absolute atomic E-state index is 0.479. The maximum absolute atomic E-state index is 2.57. The summed E-state index contributed by atoms with van der Waals surface area (Å²) in [4.78, 5) is 7.70. The third-order valence-corrected chi connectivity index (χ3v) is 14.2. The van der Waals surface area contributed by atoms with Crippen molar-refractivity contribution in [3.05, 3.63) is 35.9 Å². The molecule has 16 heavy (non-hydrogen) atoms. The molecule has 92 valence electrons. The van der Waals surface area contributed by atoms with E-state index in [1.807, 2.05) is 0 Å². The Morgan fingerprint density at radius 3 is 2.12 bits per heavy atom. The number of hydrogen-bond acceptors (Lipinski definition) is 0. The van der Waals surface area contributed by atoms with E-state index in [4.69, 9.17) is 0 Å². The van der Waals surface area contributed by atoms with Gasteiger partial charge in [-0.25, -0.2) is 0 Å². The van der Waals surface area contributed by atoms with Gasteiger partial charge >= 0.3 is 115 Å². The molecule has 0 aromatic heterocycles. The molecular weight excluding hydrogens is 422 g/mol. The molecule has 1 aliphatic rings. The predicted molar refractivity (Wildman–Crippen MR) is 92.9 cm³/mol. The Morgan fingerprint density at radius 1 is 1.06 bits per heavy atom. The summed E-state index contributed by atoms with van der Waals surface area (Å²) in [6.07, 6.45) is 3.02. The van der Waals surface area contributed by atoms with E-state index in [-0.39, 0.29) is 0 Å². The fourth-order valence-electron chi connectivity index (χ4n) is 2.46. The average Bonchev–Trinajstić information content (AvgIpc) is 2.31. The Bertz CT molecular complexity index is 324. The SMILES string of the molecule is CI1CCC(c2ccccc2)(I(C)C)CC1. The van der Waals surface area contributed by atoms with Crippen molar-refractivity contribution in [2.24, 2.45) is 0 Å². The van der Waals surface area contributed by atoms with Crippen molar-refractivity contribution in [3.63, 3.8) is 0 Å². The van der Waals surface area contributed by atoms with Gasteiger partial charge in [0.05, 0.1) is 0 Å². The van der Waals surface area contributed by atoms with E-state index in [1.165, 1.54) is 12.8 Å². The normalized spacial score (nSPS) is 22.9. The zero-order valence-corrected chi connectivity index (χ0v) is 14.8. The Hall–Kier alpha value is 0.680. The van der Waals surface area contributed by atoms with Crippen molar-refractivity contribution in [1.29, 1.82) is 0 Å². The van der Waals surface area contributed by atoms with Gasteiger partial charge in [-0.3, -0.25) is 0 Å². The van der Waals surface area contributed by atoms with Crippen molar-refractivity contribution in [2.75, 3.05) is 23.6 Å². The summed E-state index contributed by atoms with van der Waals surface area (Å²) in [6, 6.07) is 11.4. The monoisotopic (exact) mass is 444 g/mol. The fraction of sp³-hybridized carbons (Fsp3) is 0.571. The average molecular weight is 444 g/mol. The number of alkyl halides is 6. The molecular formula is C14H22I2. The van der Waals surface area contributed by atoms with Crippen molar-refractivity contribution in [1.82, 2.24) is 0 Å². The number of rotatable bonds is 2. The summed E-state index contributed by atoms with van der Waals surface area (Å²) in [7, 11) is 0. The van der Waals surface area contributed by atoms with Gasteiger partial charge in [0.1, 0.15) is 0 Å². The fourth-order valence-corrected chi connectivity index (χ4v) is 13.1. The molecule has 2 rings (SSSR count). The van der Waals surface area contributed by atoms with Crippen LogP contribution in [0.4, 0.5) is 0 Å². The summed E-state index contributed by atoms with van der Waals surface area (Å²) >= 11 is -1.27. The molecule has 0 atom stereocenters. The van der Waals surface area contributed by atoms with Crippen LogP contribution in [0.3, 0.4) is 0 Å². The van der Waals surface area contributed by atoms with Crippen LogP contribution in [0.15, 0.2) is 30.3 Å². The van der Waals surface area contributed by atoms with Crippen molar-refractivity contribution >= 4 is 39.6 Å². The van der Waals surface area contributed by atoms with Gasteiger partial charge in [-0.1, -0.05) is 0 Å². The first-order valence-electron chi connectivity index (χ1n) is 5.73. The third kappa shape index (κ3) is 2.57. The second-order valence-corrected chi connectivity index (χ2v) is 17.4. The molecule has 2 heteroatoms. The van der Waals surface area contributed by atoms with Crippen LogP contribution < -0.4 is 0 Å². The topological polar surface area (TPSA) is 0 Å². The van der Waals surface area contributed by atoms with Crippen LogP contribution in [0.5, 0.6) is 0 Å². The molecule has 1 aliphatic heterocycles. The van der Waals surface area contributed by atoms with Crippen LogP contribution in [-0.2, 0) is 3.42 Å². The van der Waals surface area contributed by atoms with E-state index < -0.39 is 39.6 Å². The summed E-state index contributed by atoms with van der Waals surface area (Å²) < 4.78 is 3.83. The second kappa shape index (κ2) is 5.55. The predicted octanol–water partition coefficient (Wildman–Crippen LogP) is 4.58. The van der Waals surface area contributed by atoms with Crippen molar-refractivity contribution in [3.8, 4) is 0 Å². The van der Waals surface area contributed by atoms with Gasteiger partial charge in [0.25, 0.3) is 0 Å². The van der Waals surface area contributed by atoms with Gasteiger partial charge in [-0.15, -0.1) is 0 Å². The molecule has 0 amide bonds. The quantitative estimate of drug-likeness (QED) is 0.463. The summed E-state index contributed by atoms with van der Waals surface area (Å²) in [5, 5.41) is 0. The Kier molecular flexibility index (Phi) is 4.55. The zero-order valence-electron chi connectivity index (χ0n) is 10.5. The Morgan fingerprint density at radius 2 is 1.62 bits per heavy atom. The van der Waals surface area contributed by atoms with Gasteiger partial charge < -0.3 is 0 Å². The molecule has 1 saturated heterocycles. The third-order valence-electron chi connectivity index (χ3n) is 3.64. The minimum atomic E-state index is -0.795. The molecule has 0 N–H and O–H groups in total. The molecule has 0 nitrogen and oxygen atoms in total. The summed E-state index contributed by atoms with van der Waals surface area (Å²) in [6.45, 7) is 0. The van der Waals surface area contributed by atoms with E-state index in [2.05, 4.69) is 45.1 Å². The van der Waals surface area contributed by atoms with Crippen LogP contribution in [0.25, 0.3) is 0 Å². The Balaban J connectivity index is 2.30. The van der Waals surface area contributed by atoms with E-state index in [9.17, 15) is 0 Å². The van der Waals surface area contributed by atoms with E-state index in [0.29, 0.717) is 3.42 Å². The summed E-state index contributed by atoms with van der Waals surface area (Å²) in [5.41, 5.74) is 1.66. The molecule has 0 radical (unpaired) electrons. The second-order valence-electron chi connectivity index (χ2n) is 4.69. The molecule has 0 spiro atoms. The number of benzene rings is 1. The first-order valence-corrected chi connectivity index (χ1v) is 16.3. The Labute approximate surface area is 114 Å². The molecule has 1 heterocycles. The van der Waals surface area contributed by atoms with Gasteiger partial charge in [0.15, 0.2) is 0 Å². The van der Waals surface area contributed by atoms with E-state index in [0.717, 1.165) is 0 Å². The molecule has 0 unspecified atom stereocenters. The van der Waals surface area contributed by atoms with Crippen molar-refractivity contribution < 1.29 is 0 Å². The number of halogens is 2. The van der Waals surface area contributed by atoms with Gasteiger partial charge in [0, 0.05) is 0 Å². The van der Waals surface area contributed by atoms with Crippen LogP contribution in [0, 0.1) is 0 Å². The number of hydrogen-bond donors (Lipinski definition) is 0. The molecule has 1 aromatic carbocycles. The van der Waals surface area contributed by atoms with Gasteiger partial charge in [-0.2, -0.15) is 0 Å². The summed E-state index contributed by atoms with van der Waals surface area (Å²) in [5.74, 6) is 0. The van der Waals surface area contributed by atoms with Crippen LogP contribution in [0.1, 0.15) is 18.4 Å². The molecule has 0 aliphatic carbocycles. The molecule has 1 fully saturated rings. The first-order chi connectivity index (χ1) is 7.65. The maximum atomic E-state index is 2.57.